The second-order valence-electron chi connectivity index (χ2n) is 9.46. The molecule has 0 fully saturated rings. The van der Waals surface area contributed by atoms with E-state index in [1.54, 1.807) is 54.6 Å². The number of ether oxygens (including phenoxy) is 2. The van der Waals surface area contributed by atoms with Gasteiger partial charge < -0.3 is 13.9 Å². The maximum Gasteiger partial charge on any atom is 0.311 e. The standard InChI is InChI=1S/C31H21N5O8/c1-42-26-10-5-11-27-23(26)16-28(44-27)30-33-24-8-3-2-7-22(24)31(37)34(30)32-17-20-6-4-9-25(36(40)41)29(20)43-18-19-12-14-21(15-13-19)35(38)39/h2-17H,18H2,1H3. The molecule has 0 N–H and O–H groups in total. The summed E-state index contributed by atoms with van der Waals surface area (Å²) in [5.74, 6) is 0.818. The molecule has 0 atom stereocenters. The van der Waals surface area contributed by atoms with Crippen LogP contribution in [-0.2, 0) is 6.61 Å². The van der Waals surface area contributed by atoms with E-state index in [9.17, 15) is 25.0 Å². The summed E-state index contributed by atoms with van der Waals surface area (Å²) >= 11 is 0. The van der Waals surface area contributed by atoms with E-state index in [-0.39, 0.29) is 40.9 Å². The molecule has 2 heterocycles. The number of methoxy groups -OCH3 is 1. The van der Waals surface area contributed by atoms with E-state index in [4.69, 9.17) is 13.9 Å². The SMILES string of the molecule is COc1cccc2oc(-c3nc4ccccc4c(=O)n3N=Cc3cccc([N+](=O)[O-])c3OCc3ccc([N+](=O)[O-])cc3)cc12. The van der Waals surface area contributed by atoms with Gasteiger partial charge in [0.25, 0.3) is 11.2 Å². The van der Waals surface area contributed by atoms with Crippen LogP contribution in [0.5, 0.6) is 11.5 Å². The molecule has 0 aliphatic heterocycles. The molecule has 13 nitrogen and oxygen atoms in total. The second-order valence-corrected chi connectivity index (χ2v) is 9.46. The second kappa shape index (κ2) is 11.5. The lowest BCUT2D eigenvalue weighted by molar-refractivity contribution is -0.386. The third kappa shape index (κ3) is 5.20. The number of hydrogen-bond donors (Lipinski definition) is 0. The number of benzene rings is 4. The highest BCUT2D eigenvalue weighted by molar-refractivity contribution is 5.89. The molecule has 0 saturated heterocycles. The maximum absolute atomic E-state index is 13.7. The van der Waals surface area contributed by atoms with Crippen molar-refractivity contribution in [1.29, 1.82) is 0 Å². The van der Waals surface area contributed by atoms with Crippen molar-refractivity contribution in [3.8, 4) is 23.1 Å². The molecule has 6 rings (SSSR count). The van der Waals surface area contributed by atoms with Crippen molar-refractivity contribution in [2.24, 2.45) is 5.10 Å². The van der Waals surface area contributed by atoms with Crippen molar-refractivity contribution >= 4 is 39.5 Å². The third-order valence-electron chi connectivity index (χ3n) is 6.78. The normalized spacial score (nSPS) is 11.3. The molecule has 0 spiro atoms. The molecule has 218 valence electrons. The summed E-state index contributed by atoms with van der Waals surface area (Å²) in [6.45, 7) is -0.118. The molecule has 44 heavy (non-hydrogen) atoms. The van der Waals surface area contributed by atoms with Crippen LogP contribution in [0.4, 0.5) is 11.4 Å². The number of nitrogens with zero attached hydrogens (tertiary/aromatic N) is 5. The molecular weight excluding hydrogens is 570 g/mol. The zero-order chi connectivity index (χ0) is 30.8. The minimum absolute atomic E-state index is 0.0969. The van der Waals surface area contributed by atoms with Gasteiger partial charge in [0.1, 0.15) is 17.9 Å². The molecule has 0 amide bonds. The van der Waals surface area contributed by atoms with Crippen molar-refractivity contribution in [3.05, 3.63) is 133 Å². The van der Waals surface area contributed by atoms with Crippen LogP contribution < -0.4 is 15.0 Å². The van der Waals surface area contributed by atoms with Gasteiger partial charge in [-0.05, 0) is 54.1 Å². The van der Waals surface area contributed by atoms with Crippen molar-refractivity contribution in [2.45, 2.75) is 6.61 Å². The minimum atomic E-state index is -0.598. The largest absolute Gasteiger partial charge is 0.496 e. The maximum atomic E-state index is 13.7. The number of para-hydroxylation sites is 2. The monoisotopic (exact) mass is 591 g/mol. The Bertz CT molecular complexity index is 2150. The van der Waals surface area contributed by atoms with Crippen molar-refractivity contribution < 1.29 is 23.7 Å². The van der Waals surface area contributed by atoms with E-state index >= 15 is 0 Å². The zero-order valence-electron chi connectivity index (χ0n) is 22.9. The first kappa shape index (κ1) is 27.8. The lowest BCUT2D eigenvalue weighted by Gasteiger charge is -2.10. The predicted molar refractivity (Wildman–Crippen MR) is 161 cm³/mol. The molecule has 2 aromatic heterocycles. The molecule has 4 aromatic carbocycles. The van der Waals surface area contributed by atoms with Crippen molar-refractivity contribution in [3.63, 3.8) is 0 Å². The topological polar surface area (TPSA) is 165 Å². The molecular formula is C31H21N5O8. The van der Waals surface area contributed by atoms with E-state index in [0.717, 1.165) is 4.68 Å². The summed E-state index contributed by atoms with van der Waals surface area (Å²) in [7, 11) is 1.54. The van der Waals surface area contributed by atoms with Gasteiger partial charge in [-0.1, -0.05) is 24.3 Å². The average molecular weight is 592 g/mol. The summed E-state index contributed by atoms with van der Waals surface area (Å²) in [5.41, 5.74) is 0.775. The minimum Gasteiger partial charge on any atom is -0.496 e. The first-order valence-corrected chi connectivity index (χ1v) is 13.1. The first-order chi connectivity index (χ1) is 21.3. The van der Waals surface area contributed by atoms with Crippen LogP contribution in [0.2, 0.25) is 0 Å². The summed E-state index contributed by atoms with van der Waals surface area (Å²) in [4.78, 5) is 40.1. The fraction of sp³-hybridized carbons (Fsp3) is 0.0645. The summed E-state index contributed by atoms with van der Waals surface area (Å²) < 4.78 is 18.4. The van der Waals surface area contributed by atoms with Crippen molar-refractivity contribution in [1.82, 2.24) is 9.66 Å². The quantitative estimate of drug-likeness (QED) is 0.110. The van der Waals surface area contributed by atoms with Gasteiger partial charge in [-0.2, -0.15) is 9.78 Å². The van der Waals surface area contributed by atoms with Crippen LogP contribution in [0.3, 0.4) is 0 Å². The number of non-ortho nitro benzene ring substituents is 1. The Balaban J connectivity index is 1.45. The van der Waals surface area contributed by atoms with Crippen LogP contribution in [0, 0.1) is 20.2 Å². The Labute approximate surface area is 247 Å². The van der Waals surface area contributed by atoms with Gasteiger partial charge in [0.15, 0.2) is 5.76 Å². The molecule has 0 bridgehead atoms. The molecule has 6 aromatic rings. The highest BCUT2D eigenvalue weighted by Crippen LogP contribution is 2.34. The number of hydrogen-bond acceptors (Lipinski definition) is 10. The van der Waals surface area contributed by atoms with Crippen LogP contribution >= 0.6 is 0 Å². The van der Waals surface area contributed by atoms with Gasteiger partial charge in [0.05, 0.1) is 39.5 Å². The van der Waals surface area contributed by atoms with E-state index < -0.39 is 15.4 Å². The van der Waals surface area contributed by atoms with E-state index in [1.807, 2.05) is 0 Å². The number of nitro groups is 2. The fourth-order valence-electron chi connectivity index (χ4n) is 4.65. The van der Waals surface area contributed by atoms with Gasteiger partial charge in [-0.3, -0.25) is 25.0 Å². The molecule has 0 aliphatic rings. The predicted octanol–water partition coefficient (Wildman–Crippen LogP) is 6.10. The van der Waals surface area contributed by atoms with Gasteiger partial charge in [0.2, 0.25) is 11.6 Å². The van der Waals surface area contributed by atoms with E-state index in [1.165, 1.54) is 49.7 Å². The average Bonchev–Trinajstić information content (AvgIpc) is 3.48. The van der Waals surface area contributed by atoms with Gasteiger partial charge in [-0.25, -0.2) is 4.98 Å². The third-order valence-corrected chi connectivity index (χ3v) is 6.78. The van der Waals surface area contributed by atoms with E-state index in [0.29, 0.717) is 33.2 Å². The smallest absolute Gasteiger partial charge is 0.311 e. The Morgan fingerprint density at radius 3 is 2.45 bits per heavy atom. The number of aromatic nitrogens is 2. The Morgan fingerprint density at radius 1 is 0.932 bits per heavy atom. The lowest BCUT2D eigenvalue weighted by Crippen LogP contribution is -2.20. The van der Waals surface area contributed by atoms with E-state index in [2.05, 4.69) is 10.1 Å². The lowest BCUT2D eigenvalue weighted by atomic mass is 10.2. The summed E-state index contributed by atoms with van der Waals surface area (Å²) in [5, 5.41) is 28.2. The number of nitro benzene ring substituents is 2. The van der Waals surface area contributed by atoms with Crippen LogP contribution in [-0.4, -0.2) is 32.8 Å². The molecule has 0 aliphatic carbocycles. The van der Waals surface area contributed by atoms with Crippen LogP contribution in [0.15, 0.2) is 105 Å². The Hall–Kier alpha value is -6.37. The Morgan fingerprint density at radius 2 is 1.70 bits per heavy atom. The van der Waals surface area contributed by atoms with Crippen LogP contribution in [0.25, 0.3) is 33.5 Å². The number of fused-ring (bicyclic) bond motifs is 2. The van der Waals surface area contributed by atoms with Crippen molar-refractivity contribution in [2.75, 3.05) is 7.11 Å². The van der Waals surface area contributed by atoms with Gasteiger partial charge in [-0.15, -0.1) is 0 Å². The summed E-state index contributed by atoms with van der Waals surface area (Å²) in [6.07, 6.45) is 1.27. The summed E-state index contributed by atoms with van der Waals surface area (Å²) in [6, 6.07) is 23.7. The molecule has 13 heteroatoms. The fourth-order valence-corrected chi connectivity index (χ4v) is 4.65. The Kier molecular flexibility index (Phi) is 7.25. The highest BCUT2D eigenvalue weighted by Gasteiger charge is 2.21. The molecule has 0 unspecified atom stereocenters. The van der Waals surface area contributed by atoms with Gasteiger partial charge in [0, 0.05) is 23.8 Å². The van der Waals surface area contributed by atoms with Crippen LogP contribution in [0.1, 0.15) is 11.1 Å². The molecule has 0 saturated carbocycles. The highest BCUT2D eigenvalue weighted by atomic mass is 16.6. The van der Waals surface area contributed by atoms with Gasteiger partial charge >= 0.3 is 5.69 Å². The molecule has 0 radical (unpaired) electrons. The number of furan rings is 1. The first-order valence-electron chi connectivity index (χ1n) is 13.1. The zero-order valence-corrected chi connectivity index (χ0v) is 22.9. The number of rotatable bonds is 9.